The number of carbonyl (C=O) groups is 1. The predicted molar refractivity (Wildman–Crippen MR) is 92.2 cm³/mol. The molecule has 0 unspecified atom stereocenters. The van der Waals surface area contributed by atoms with E-state index < -0.39 is 14.7 Å². The quantitative estimate of drug-likeness (QED) is 0.542. The maximum Gasteiger partial charge on any atom is 3.00 e. The predicted octanol–water partition coefficient (Wildman–Crippen LogP) is -0.875. The molecule has 0 spiro atoms. The molecule has 1 aromatic carbocycles. The Labute approximate surface area is 178 Å². The largest absolute Gasteiger partial charge is 3.00 e. The first kappa shape index (κ1) is 26.1. The number of hydrogen-bond donors (Lipinski definition) is 0. The fraction of sp³-hybridized carbons (Fsp3) is 0.389. The zero-order chi connectivity index (χ0) is 15.9. The van der Waals surface area contributed by atoms with Gasteiger partial charge in [0.2, 0.25) is 0 Å². The molecule has 0 fully saturated rings. The van der Waals surface area contributed by atoms with Crippen molar-refractivity contribution in [2.24, 2.45) is 0 Å². The molecule has 1 N–H and O–H groups in total. The van der Waals surface area contributed by atoms with Crippen LogP contribution in [-0.2, 0) is 26.2 Å². The monoisotopic (exact) mass is 457 g/mol. The number of allylic oxidation sites excluding steroid dienone is 4. The van der Waals surface area contributed by atoms with Crippen molar-refractivity contribution in [1.82, 2.24) is 0 Å². The number of rotatable bonds is 3. The van der Waals surface area contributed by atoms with Gasteiger partial charge in [-0.15, -0.1) is 0 Å². The van der Waals surface area contributed by atoms with Crippen molar-refractivity contribution in [3.63, 3.8) is 0 Å². The van der Waals surface area contributed by atoms with Gasteiger partial charge in [0.25, 0.3) is 0 Å². The minimum atomic E-state index is -0.581. The van der Waals surface area contributed by atoms with Crippen LogP contribution >= 0.6 is 0 Å². The Balaban J connectivity index is 0. The van der Waals surface area contributed by atoms with Crippen molar-refractivity contribution in [1.29, 1.82) is 0 Å². The fourth-order valence-corrected chi connectivity index (χ4v) is 4.47. The second-order valence-corrected chi connectivity index (χ2v) is 8.62. The number of benzene rings is 1. The Morgan fingerprint density at radius 2 is 1.50 bits per heavy atom. The van der Waals surface area contributed by atoms with Crippen LogP contribution in [0.5, 0.6) is 0 Å². The summed E-state index contributed by atoms with van der Waals surface area (Å²) in [6, 6.07) is 0. The molecule has 6 heteroatoms. The Hall–Kier alpha value is -0.150. The summed E-state index contributed by atoms with van der Waals surface area (Å²) < 4.78 is 0. The van der Waals surface area contributed by atoms with Gasteiger partial charge in [-0.2, -0.15) is 0 Å². The van der Waals surface area contributed by atoms with Gasteiger partial charge in [0.05, 0.1) is 14.7 Å². The average molecular weight is 460 g/mol. The van der Waals surface area contributed by atoms with E-state index in [2.05, 4.69) is 39.1 Å². The van der Waals surface area contributed by atoms with Crippen molar-refractivity contribution >= 4 is 20.3 Å². The van der Waals surface area contributed by atoms with Crippen LogP contribution in [0.3, 0.4) is 0 Å². The molecule has 2 nitrogen and oxygen atoms in total. The van der Waals surface area contributed by atoms with Crippen molar-refractivity contribution < 1.29 is 55.8 Å². The van der Waals surface area contributed by atoms with Gasteiger partial charge in [-0.3, -0.25) is 0 Å². The molecule has 1 aromatic rings. The van der Waals surface area contributed by atoms with Crippen LogP contribution < -0.4 is 24.8 Å². The molecular formula is C18H23Cl2NOSiZr. The summed E-state index contributed by atoms with van der Waals surface area (Å²) in [6.45, 7) is 12.8. The molecule has 1 amide bonds. The summed E-state index contributed by atoms with van der Waals surface area (Å²) in [5, 5.41) is 1.40. The molecule has 0 heterocycles. The molecule has 2 radical (unpaired) electrons. The van der Waals surface area contributed by atoms with E-state index in [1.54, 1.807) is 0 Å². The zero-order valence-corrected chi connectivity index (χ0v) is 20.0. The summed E-state index contributed by atoms with van der Waals surface area (Å²) in [5.74, 6) is -0.562. The second kappa shape index (κ2) is 10.1. The number of halogens is 2. The maximum atomic E-state index is 12.0. The van der Waals surface area contributed by atoms with Crippen molar-refractivity contribution in [2.75, 3.05) is 0 Å². The maximum absolute atomic E-state index is 12.0. The smallest absolute Gasteiger partial charge is 1.00 e. The molecular weight excluding hydrogens is 436 g/mol. The van der Waals surface area contributed by atoms with Crippen molar-refractivity contribution in [3.8, 4) is 0 Å². The third kappa shape index (κ3) is 4.52. The minimum Gasteiger partial charge on any atom is -1.00 e. The first-order valence-electron chi connectivity index (χ1n) is 7.34. The number of amides is 1. The van der Waals surface area contributed by atoms with Crippen LogP contribution in [0.15, 0.2) is 17.3 Å². The van der Waals surface area contributed by atoms with Gasteiger partial charge in [-0.25, -0.2) is 0 Å². The topological polar surface area (TPSA) is 40.9 Å². The Bertz CT molecular complexity index is 697. The van der Waals surface area contributed by atoms with E-state index in [-0.39, 0.29) is 51.0 Å². The van der Waals surface area contributed by atoms with E-state index in [0.717, 1.165) is 28.7 Å². The van der Waals surface area contributed by atoms with E-state index in [0.29, 0.717) is 5.56 Å². The van der Waals surface area contributed by atoms with Gasteiger partial charge in [0.15, 0.2) is 0 Å². The molecule has 0 atom stereocenters. The van der Waals surface area contributed by atoms with Gasteiger partial charge in [0.1, 0.15) is 0 Å². The zero-order valence-electron chi connectivity index (χ0n) is 15.0. The van der Waals surface area contributed by atoms with E-state index in [4.69, 9.17) is 5.73 Å². The van der Waals surface area contributed by atoms with Crippen LogP contribution in [0.4, 0.5) is 0 Å². The number of nitrogens with one attached hydrogen (secondary N) is 1. The van der Waals surface area contributed by atoms with Crippen LogP contribution in [0.1, 0.15) is 44.6 Å². The third-order valence-electron chi connectivity index (χ3n) is 4.69. The molecule has 128 valence electrons. The second-order valence-electron chi connectivity index (χ2n) is 6.08. The van der Waals surface area contributed by atoms with E-state index in [1.165, 1.54) is 16.3 Å². The summed E-state index contributed by atoms with van der Waals surface area (Å²) in [4.78, 5) is 12.0. The van der Waals surface area contributed by atoms with Crippen molar-refractivity contribution in [3.05, 3.63) is 56.5 Å². The summed E-state index contributed by atoms with van der Waals surface area (Å²) in [7, 11) is -0.581. The fourth-order valence-electron chi connectivity index (χ4n) is 3.18. The van der Waals surface area contributed by atoms with E-state index in [9.17, 15) is 4.79 Å². The number of hydrogen-bond acceptors (Lipinski definition) is 1. The molecule has 0 aromatic heterocycles. The summed E-state index contributed by atoms with van der Waals surface area (Å²) in [5.41, 5.74) is 15.1. The van der Waals surface area contributed by atoms with Gasteiger partial charge >= 0.3 is 26.2 Å². The SMILES string of the molecule is Cc1c(C)c(C)c(C2=C([Si](C)C)C=CC2)c(C([NH-])=O)c1C.[Cl-].[Cl-].[Zr+3]. The van der Waals surface area contributed by atoms with Gasteiger partial charge in [-0.05, 0) is 67.5 Å². The van der Waals surface area contributed by atoms with Gasteiger partial charge in [-0.1, -0.05) is 30.4 Å². The normalized spacial score (nSPS) is 12.6. The molecule has 0 saturated carbocycles. The standard InChI is InChI=1S/C18H24NOSi.2ClH.Zr/c1-10-11(2)13(4)17(18(19)20)16(12(10)3)14-8-7-9-15(14)21(5)6;;;/h7,9H,8H2,1-6H3,(H2,19,20);2*1H;/q;;;+3/p-3. The summed E-state index contributed by atoms with van der Waals surface area (Å²) in [6.07, 6.45) is 5.28. The van der Waals surface area contributed by atoms with E-state index in [1.807, 2.05) is 13.8 Å². The average Bonchev–Trinajstić information content (AvgIpc) is 2.88. The Morgan fingerprint density at radius 3 is 1.96 bits per heavy atom. The van der Waals surface area contributed by atoms with Crippen LogP contribution in [0.2, 0.25) is 13.1 Å². The first-order chi connectivity index (χ1) is 9.77. The number of carbonyl (C=O) groups excluding carboxylic acids is 1. The molecule has 24 heavy (non-hydrogen) atoms. The minimum absolute atomic E-state index is 0. The third-order valence-corrected chi connectivity index (χ3v) is 6.23. The van der Waals surface area contributed by atoms with Crippen LogP contribution in [-0.4, -0.2) is 14.7 Å². The Kier molecular flexibility index (Phi) is 11.0. The molecule has 2 rings (SSSR count). The molecule has 1 aliphatic carbocycles. The van der Waals surface area contributed by atoms with Crippen LogP contribution in [0, 0.1) is 27.7 Å². The molecule has 0 bridgehead atoms. The molecule has 0 aliphatic heterocycles. The van der Waals surface area contributed by atoms with Crippen LogP contribution in [0.25, 0.3) is 11.3 Å². The van der Waals surface area contributed by atoms with Crippen molar-refractivity contribution in [2.45, 2.75) is 47.2 Å². The molecule has 1 aliphatic rings. The Morgan fingerprint density at radius 1 is 1.00 bits per heavy atom. The first-order valence-corrected chi connectivity index (χ1v) is 9.84. The summed E-state index contributed by atoms with van der Waals surface area (Å²) >= 11 is 0. The molecule has 0 saturated heterocycles. The van der Waals surface area contributed by atoms with Gasteiger partial charge < -0.3 is 35.3 Å². The van der Waals surface area contributed by atoms with Gasteiger partial charge in [0, 0.05) is 5.56 Å². The van der Waals surface area contributed by atoms with E-state index >= 15 is 0 Å².